The highest BCUT2D eigenvalue weighted by molar-refractivity contribution is 9.11. The zero-order valence-electron chi connectivity index (χ0n) is 11.7. The van der Waals surface area contributed by atoms with Gasteiger partial charge >= 0.3 is 0 Å². The summed E-state index contributed by atoms with van der Waals surface area (Å²) in [6.07, 6.45) is 0.804. The summed E-state index contributed by atoms with van der Waals surface area (Å²) in [5.41, 5.74) is 0. The van der Waals surface area contributed by atoms with E-state index in [1.165, 1.54) is 11.3 Å². The average molecular weight is 369 g/mol. The molecule has 1 unspecified atom stereocenters. The zero-order valence-corrected chi connectivity index (χ0v) is 15.0. The molecule has 1 atom stereocenters. The van der Waals surface area contributed by atoms with E-state index in [4.69, 9.17) is 0 Å². The molecule has 0 saturated heterocycles. The molecule has 0 radical (unpaired) electrons. The van der Waals surface area contributed by atoms with Gasteiger partial charge in [-0.1, -0.05) is 13.8 Å². The van der Waals surface area contributed by atoms with Crippen molar-refractivity contribution < 1.29 is 8.42 Å². The Labute approximate surface area is 128 Å². The van der Waals surface area contributed by atoms with Crippen LogP contribution < -0.4 is 5.32 Å². The molecule has 0 fully saturated rings. The lowest BCUT2D eigenvalue weighted by atomic mass is 10.3. The molecule has 0 aliphatic rings. The average Bonchev–Trinajstić information content (AvgIpc) is 2.71. The maximum atomic E-state index is 12.7. The van der Waals surface area contributed by atoms with E-state index in [-0.39, 0.29) is 6.04 Å². The fourth-order valence-corrected chi connectivity index (χ4v) is 6.24. The number of hydrogen-bond acceptors (Lipinski definition) is 4. The molecule has 7 heteroatoms. The smallest absolute Gasteiger partial charge is 0.245 e. The fourth-order valence-electron chi connectivity index (χ4n) is 1.88. The first kappa shape index (κ1) is 17.1. The van der Waals surface area contributed by atoms with Gasteiger partial charge in [-0.2, -0.15) is 4.31 Å². The lowest BCUT2D eigenvalue weighted by Gasteiger charge is -2.26. The molecule has 0 amide bonds. The maximum absolute atomic E-state index is 12.7. The monoisotopic (exact) mass is 368 g/mol. The Morgan fingerprint density at radius 3 is 2.58 bits per heavy atom. The highest BCUT2D eigenvalue weighted by Gasteiger charge is 2.30. The summed E-state index contributed by atoms with van der Waals surface area (Å²) in [5.74, 6) is 0. The summed E-state index contributed by atoms with van der Waals surface area (Å²) >= 11 is 4.84. The molecule has 0 aliphatic carbocycles. The van der Waals surface area contributed by atoms with E-state index in [1.54, 1.807) is 10.4 Å². The van der Waals surface area contributed by atoms with Crippen molar-refractivity contribution in [3.05, 3.63) is 14.7 Å². The number of nitrogens with one attached hydrogen (secondary N) is 1. The molecule has 0 bridgehead atoms. The van der Waals surface area contributed by atoms with Crippen molar-refractivity contribution in [1.29, 1.82) is 0 Å². The Morgan fingerprint density at radius 1 is 1.47 bits per heavy atom. The first-order valence-electron chi connectivity index (χ1n) is 6.33. The minimum absolute atomic E-state index is 0.00884. The third kappa shape index (κ3) is 3.78. The Balaban J connectivity index is 3.18. The molecule has 110 valence electrons. The van der Waals surface area contributed by atoms with Gasteiger partial charge in [-0.25, -0.2) is 8.42 Å². The van der Waals surface area contributed by atoms with E-state index in [2.05, 4.69) is 21.2 Å². The Hall–Kier alpha value is 0.0500. The van der Waals surface area contributed by atoms with Crippen LogP contribution in [0, 0.1) is 0 Å². The van der Waals surface area contributed by atoms with Crippen LogP contribution in [0.1, 0.15) is 32.1 Å². The molecule has 4 nitrogen and oxygen atoms in total. The molecule has 0 aromatic carbocycles. The molecule has 0 aliphatic heterocycles. The van der Waals surface area contributed by atoms with Crippen LogP contribution in [0.5, 0.6) is 0 Å². The lowest BCUT2D eigenvalue weighted by molar-refractivity contribution is 0.342. The van der Waals surface area contributed by atoms with Crippen molar-refractivity contribution in [3.8, 4) is 0 Å². The minimum Gasteiger partial charge on any atom is -0.315 e. The van der Waals surface area contributed by atoms with Crippen molar-refractivity contribution in [1.82, 2.24) is 9.62 Å². The van der Waals surface area contributed by atoms with Crippen LogP contribution in [-0.2, 0) is 16.6 Å². The molecule has 1 aromatic heterocycles. The molecule has 19 heavy (non-hydrogen) atoms. The van der Waals surface area contributed by atoms with Crippen molar-refractivity contribution in [2.75, 3.05) is 13.6 Å². The molecular weight excluding hydrogens is 348 g/mol. The van der Waals surface area contributed by atoms with Crippen molar-refractivity contribution in [2.24, 2.45) is 0 Å². The van der Waals surface area contributed by atoms with Gasteiger partial charge in [-0.05, 0) is 42.4 Å². The molecule has 0 saturated carbocycles. The van der Waals surface area contributed by atoms with Gasteiger partial charge in [0.25, 0.3) is 0 Å². The molecule has 0 spiro atoms. The van der Waals surface area contributed by atoms with Gasteiger partial charge in [0, 0.05) is 24.0 Å². The minimum atomic E-state index is -3.42. The third-order valence-electron chi connectivity index (χ3n) is 3.04. The Morgan fingerprint density at radius 2 is 2.11 bits per heavy atom. The number of thiophene rings is 1. The second-order valence-electron chi connectivity index (χ2n) is 4.35. The highest BCUT2D eigenvalue weighted by atomic mass is 79.9. The summed E-state index contributed by atoms with van der Waals surface area (Å²) in [5, 5.41) is 3.03. The maximum Gasteiger partial charge on any atom is 0.245 e. The van der Waals surface area contributed by atoms with E-state index in [0.29, 0.717) is 21.8 Å². The van der Waals surface area contributed by atoms with Crippen molar-refractivity contribution in [3.63, 3.8) is 0 Å². The highest BCUT2D eigenvalue weighted by Crippen LogP contribution is 2.34. The Bertz CT molecular complexity index is 514. The summed E-state index contributed by atoms with van der Waals surface area (Å²) < 4.78 is 27.6. The van der Waals surface area contributed by atoms with Crippen molar-refractivity contribution >= 4 is 37.3 Å². The van der Waals surface area contributed by atoms with E-state index in [9.17, 15) is 8.42 Å². The topological polar surface area (TPSA) is 49.4 Å². The van der Waals surface area contributed by atoms with Gasteiger partial charge in [0.2, 0.25) is 10.0 Å². The lowest BCUT2D eigenvalue weighted by Crippen LogP contribution is -2.38. The van der Waals surface area contributed by atoms with Crippen LogP contribution in [0.2, 0.25) is 0 Å². The number of sulfonamides is 1. The zero-order chi connectivity index (χ0) is 14.6. The second kappa shape index (κ2) is 7.17. The van der Waals surface area contributed by atoms with E-state index in [0.717, 1.165) is 11.3 Å². The molecular formula is C12H21BrN2O2S2. The molecule has 1 N–H and O–H groups in total. The van der Waals surface area contributed by atoms with Crippen molar-refractivity contribution in [2.45, 2.75) is 44.7 Å². The predicted octanol–water partition coefficient (Wildman–Crippen LogP) is 3.04. The summed E-state index contributed by atoms with van der Waals surface area (Å²) in [6, 6.07) is 1.76. The largest absolute Gasteiger partial charge is 0.315 e. The van der Waals surface area contributed by atoms with Crippen LogP contribution in [-0.4, -0.2) is 32.4 Å². The van der Waals surface area contributed by atoms with Crippen LogP contribution in [0.3, 0.4) is 0 Å². The van der Waals surface area contributed by atoms with Gasteiger partial charge in [0.05, 0.1) is 3.79 Å². The Kier molecular flexibility index (Phi) is 6.46. The number of hydrogen-bond donors (Lipinski definition) is 1. The van der Waals surface area contributed by atoms with Gasteiger partial charge < -0.3 is 5.32 Å². The quantitative estimate of drug-likeness (QED) is 0.804. The third-order valence-corrected chi connectivity index (χ3v) is 7.38. The van der Waals surface area contributed by atoms with Gasteiger partial charge in [-0.3, -0.25) is 0 Å². The number of halogens is 1. The van der Waals surface area contributed by atoms with Gasteiger partial charge in [0.15, 0.2) is 0 Å². The number of rotatable bonds is 7. The summed E-state index contributed by atoms with van der Waals surface area (Å²) in [7, 11) is -1.58. The first-order chi connectivity index (χ1) is 8.88. The van der Waals surface area contributed by atoms with Crippen LogP contribution in [0.4, 0.5) is 0 Å². The second-order valence-corrected chi connectivity index (χ2v) is 8.66. The summed E-state index contributed by atoms with van der Waals surface area (Å²) in [4.78, 5) is 1.39. The van der Waals surface area contributed by atoms with E-state index >= 15 is 0 Å². The normalized spacial score (nSPS) is 14.0. The standard InChI is InChI=1S/C12H21BrN2O2S2/c1-5-9(3)15(6-2)19(16,17)11-7-10(8-14-4)18-12(11)13/h7,9,14H,5-6,8H2,1-4H3. The van der Waals surface area contributed by atoms with E-state index in [1.807, 2.05) is 27.8 Å². The molecule has 1 heterocycles. The molecule has 1 aromatic rings. The SMILES string of the molecule is CCC(C)N(CC)S(=O)(=O)c1cc(CNC)sc1Br. The van der Waals surface area contributed by atoms with Crippen LogP contribution in [0.25, 0.3) is 0 Å². The predicted molar refractivity (Wildman–Crippen MR) is 84.1 cm³/mol. The van der Waals surface area contributed by atoms with Crippen LogP contribution in [0.15, 0.2) is 14.7 Å². The van der Waals surface area contributed by atoms with Gasteiger partial charge in [-0.15, -0.1) is 11.3 Å². The number of nitrogens with zero attached hydrogens (tertiary/aromatic N) is 1. The summed E-state index contributed by atoms with van der Waals surface area (Å²) in [6.45, 7) is 6.97. The molecule has 1 rings (SSSR count). The van der Waals surface area contributed by atoms with Gasteiger partial charge in [0.1, 0.15) is 4.90 Å². The fraction of sp³-hybridized carbons (Fsp3) is 0.667. The first-order valence-corrected chi connectivity index (χ1v) is 9.38. The van der Waals surface area contributed by atoms with E-state index < -0.39 is 10.0 Å². The van der Waals surface area contributed by atoms with Crippen LogP contribution >= 0.6 is 27.3 Å².